The fraction of sp³-hybridized carbons (Fsp3) is 0.471. The first-order chi connectivity index (χ1) is 11.8. The summed E-state index contributed by atoms with van der Waals surface area (Å²) in [5, 5.41) is 8.63. The molecule has 1 aliphatic carbocycles. The summed E-state index contributed by atoms with van der Waals surface area (Å²) in [6.45, 7) is 3.49. The maximum atomic E-state index is 12.4. The molecule has 0 aliphatic heterocycles. The molecule has 0 saturated heterocycles. The molecule has 1 saturated carbocycles. The maximum absolute atomic E-state index is 12.4. The van der Waals surface area contributed by atoms with Crippen LogP contribution in [0.15, 0.2) is 18.2 Å². The van der Waals surface area contributed by atoms with E-state index in [2.05, 4.69) is 16.0 Å². The fourth-order valence-corrected chi connectivity index (χ4v) is 2.71. The van der Waals surface area contributed by atoms with Gasteiger partial charge in [-0.1, -0.05) is 37.0 Å². The largest absolute Gasteiger partial charge is 0.352 e. The lowest BCUT2D eigenvalue weighted by Gasteiger charge is -2.22. The molecule has 1 aliphatic rings. The van der Waals surface area contributed by atoms with Crippen LogP contribution < -0.4 is 16.0 Å². The molecule has 1 atom stereocenters. The van der Waals surface area contributed by atoms with Crippen LogP contribution in [0.5, 0.6) is 0 Å². The van der Waals surface area contributed by atoms with Gasteiger partial charge in [-0.25, -0.2) is 0 Å². The molecule has 0 heterocycles. The Labute approximate surface area is 156 Å². The van der Waals surface area contributed by atoms with E-state index in [1.54, 1.807) is 19.9 Å². The van der Waals surface area contributed by atoms with Gasteiger partial charge in [-0.2, -0.15) is 0 Å². The van der Waals surface area contributed by atoms with Crippen LogP contribution in [-0.4, -0.2) is 36.3 Å². The van der Waals surface area contributed by atoms with E-state index >= 15 is 0 Å². The lowest BCUT2D eigenvalue weighted by Crippen LogP contribution is -2.51. The highest BCUT2D eigenvalue weighted by molar-refractivity contribution is 6.36. The SMILES string of the molecule is CC(C)C(NC(=O)c1ccc(Cl)cc1Cl)C(=O)NCC(=O)NC1CC1. The van der Waals surface area contributed by atoms with Gasteiger partial charge in [0, 0.05) is 11.1 Å². The molecule has 136 valence electrons. The second-order valence-electron chi connectivity index (χ2n) is 6.38. The van der Waals surface area contributed by atoms with E-state index in [0.717, 1.165) is 12.8 Å². The Morgan fingerprint density at radius 3 is 2.44 bits per heavy atom. The molecule has 1 aromatic carbocycles. The lowest BCUT2D eigenvalue weighted by molar-refractivity contribution is -0.127. The summed E-state index contributed by atoms with van der Waals surface area (Å²) >= 11 is 11.8. The van der Waals surface area contributed by atoms with Gasteiger partial charge in [0.05, 0.1) is 17.1 Å². The predicted molar refractivity (Wildman–Crippen MR) is 96.7 cm³/mol. The van der Waals surface area contributed by atoms with Crippen molar-refractivity contribution in [1.82, 2.24) is 16.0 Å². The molecule has 1 fully saturated rings. The van der Waals surface area contributed by atoms with Gasteiger partial charge in [-0.3, -0.25) is 14.4 Å². The first kappa shape index (κ1) is 19.5. The summed E-state index contributed by atoms with van der Waals surface area (Å²) in [7, 11) is 0. The molecule has 3 N–H and O–H groups in total. The average Bonchev–Trinajstić information content (AvgIpc) is 3.33. The van der Waals surface area contributed by atoms with E-state index in [-0.39, 0.29) is 35.0 Å². The van der Waals surface area contributed by atoms with Crippen LogP contribution in [-0.2, 0) is 9.59 Å². The highest BCUT2D eigenvalue weighted by Crippen LogP contribution is 2.21. The molecule has 8 heteroatoms. The molecule has 25 heavy (non-hydrogen) atoms. The van der Waals surface area contributed by atoms with Crippen molar-refractivity contribution >= 4 is 40.9 Å². The third-order valence-corrected chi connectivity index (χ3v) is 4.32. The molecule has 3 amide bonds. The number of hydrogen-bond donors (Lipinski definition) is 3. The van der Waals surface area contributed by atoms with Crippen molar-refractivity contribution in [1.29, 1.82) is 0 Å². The number of rotatable bonds is 7. The van der Waals surface area contributed by atoms with E-state index in [4.69, 9.17) is 23.2 Å². The van der Waals surface area contributed by atoms with Crippen molar-refractivity contribution in [3.8, 4) is 0 Å². The van der Waals surface area contributed by atoms with Crippen molar-refractivity contribution in [3.05, 3.63) is 33.8 Å². The summed E-state index contributed by atoms with van der Waals surface area (Å²) in [6, 6.07) is 3.96. The molecule has 2 rings (SSSR count). The van der Waals surface area contributed by atoms with Gasteiger partial charge in [0.2, 0.25) is 11.8 Å². The zero-order chi connectivity index (χ0) is 18.6. The van der Waals surface area contributed by atoms with Gasteiger partial charge in [-0.15, -0.1) is 0 Å². The summed E-state index contributed by atoms with van der Waals surface area (Å²) < 4.78 is 0. The Bertz CT molecular complexity index is 675. The highest BCUT2D eigenvalue weighted by Gasteiger charge is 2.27. The molecule has 0 bridgehead atoms. The van der Waals surface area contributed by atoms with Crippen molar-refractivity contribution in [2.45, 2.75) is 38.8 Å². The maximum Gasteiger partial charge on any atom is 0.253 e. The molecular weight excluding hydrogens is 365 g/mol. The van der Waals surface area contributed by atoms with E-state index in [9.17, 15) is 14.4 Å². The number of carbonyl (C=O) groups excluding carboxylic acids is 3. The number of halogens is 2. The van der Waals surface area contributed by atoms with Crippen LogP contribution in [0.1, 0.15) is 37.0 Å². The predicted octanol–water partition coefficient (Wildman–Crippen LogP) is 2.14. The fourth-order valence-electron chi connectivity index (χ4n) is 2.21. The second kappa shape index (κ2) is 8.54. The highest BCUT2D eigenvalue weighted by atomic mass is 35.5. The van der Waals surface area contributed by atoms with E-state index in [1.807, 2.05) is 0 Å². The van der Waals surface area contributed by atoms with Gasteiger partial charge >= 0.3 is 0 Å². The third-order valence-electron chi connectivity index (χ3n) is 3.78. The van der Waals surface area contributed by atoms with Crippen LogP contribution in [0.3, 0.4) is 0 Å². The minimum atomic E-state index is -0.784. The molecule has 1 unspecified atom stereocenters. The average molecular weight is 386 g/mol. The quantitative estimate of drug-likeness (QED) is 0.671. The van der Waals surface area contributed by atoms with E-state index < -0.39 is 17.9 Å². The standard InChI is InChI=1S/C17H21Cl2N3O3/c1-9(2)15(17(25)20-8-14(23)21-11-4-5-11)22-16(24)12-6-3-10(18)7-13(12)19/h3,6-7,9,11,15H,4-5,8H2,1-2H3,(H,20,25)(H,21,23)(H,22,24). The van der Waals surface area contributed by atoms with Crippen molar-refractivity contribution in [2.75, 3.05) is 6.54 Å². The minimum absolute atomic E-state index is 0.115. The Morgan fingerprint density at radius 2 is 1.88 bits per heavy atom. The van der Waals surface area contributed by atoms with Gasteiger partial charge in [-0.05, 0) is 37.0 Å². The van der Waals surface area contributed by atoms with Crippen LogP contribution >= 0.6 is 23.2 Å². The summed E-state index contributed by atoms with van der Waals surface area (Å²) in [5.41, 5.74) is 0.232. The Balaban J connectivity index is 1.95. The van der Waals surface area contributed by atoms with Gasteiger partial charge in [0.15, 0.2) is 0 Å². The van der Waals surface area contributed by atoms with Crippen molar-refractivity contribution in [2.24, 2.45) is 5.92 Å². The monoisotopic (exact) mass is 385 g/mol. The van der Waals surface area contributed by atoms with Crippen LogP contribution in [0.4, 0.5) is 0 Å². The molecule has 6 nitrogen and oxygen atoms in total. The Morgan fingerprint density at radius 1 is 1.20 bits per heavy atom. The minimum Gasteiger partial charge on any atom is -0.352 e. The van der Waals surface area contributed by atoms with Crippen molar-refractivity contribution in [3.63, 3.8) is 0 Å². The third kappa shape index (κ3) is 5.90. The number of benzene rings is 1. The number of amides is 3. The zero-order valence-corrected chi connectivity index (χ0v) is 15.6. The smallest absolute Gasteiger partial charge is 0.253 e. The molecule has 1 aromatic rings. The molecular formula is C17H21Cl2N3O3. The molecule has 0 aromatic heterocycles. The zero-order valence-electron chi connectivity index (χ0n) is 14.1. The van der Waals surface area contributed by atoms with E-state index in [0.29, 0.717) is 5.02 Å². The molecule has 0 spiro atoms. The van der Waals surface area contributed by atoms with Crippen LogP contribution in [0.2, 0.25) is 10.0 Å². The van der Waals surface area contributed by atoms with Gasteiger partial charge in [0.1, 0.15) is 6.04 Å². The van der Waals surface area contributed by atoms with E-state index in [1.165, 1.54) is 12.1 Å². The lowest BCUT2D eigenvalue weighted by atomic mass is 10.0. The van der Waals surface area contributed by atoms with Crippen LogP contribution in [0, 0.1) is 5.92 Å². The summed E-state index contributed by atoms with van der Waals surface area (Å²) in [4.78, 5) is 36.4. The number of hydrogen-bond acceptors (Lipinski definition) is 3. The van der Waals surface area contributed by atoms with Crippen molar-refractivity contribution < 1.29 is 14.4 Å². The van der Waals surface area contributed by atoms with Crippen LogP contribution in [0.25, 0.3) is 0 Å². The van der Waals surface area contributed by atoms with Gasteiger partial charge in [0.25, 0.3) is 5.91 Å². The summed E-state index contributed by atoms with van der Waals surface area (Å²) in [5.74, 6) is -1.29. The first-order valence-electron chi connectivity index (χ1n) is 8.11. The Kier molecular flexibility index (Phi) is 6.67. The first-order valence-corrected chi connectivity index (χ1v) is 8.86. The molecule has 0 radical (unpaired) electrons. The number of nitrogens with one attached hydrogen (secondary N) is 3. The summed E-state index contributed by atoms with van der Waals surface area (Å²) in [6.07, 6.45) is 1.96. The second-order valence-corrected chi connectivity index (χ2v) is 7.22. The number of carbonyl (C=O) groups is 3. The Hall–Kier alpha value is -1.79. The normalized spacial score (nSPS) is 14.8. The topological polar surface area (TPSA) is 87.3 Å². The van der Waals surface area contributed by atoms with Gasteiger partial charge < -0.3 is 16.0 Å².